The zero-order valence-electron chi connectivity index (χ0n) is 13.0. The zero-order valence-corrected chi connectivity index (χ0v) is 13.0. The van der Waals surface area contributed by atoms with Crippen molar-refractivity contribution in [2.45, 2.75) is 37.8 Å². The number of carbonyl (C=O) groups is 2. The van der Waals surface area contributed by atoms with Crippen molar-refractivity contribution < 1.29 is 33.0 Å². The summed E-state index contributed by atoms with van der Waals surface area (Å²) in [6.07, 6.45) is 0.930. The molecule has 0 unspecified atom stereocenters. The molecule has 0 bridgehead atoms. The number of alkyl halides is 2. The molecule has 2 rings (SSSR count). The Hall–Kier alpha value is -2.22. The van der Waals surface area contributed by atoms with Gasteiger partial charge in [0.2, 0.25) is 5.91 Å². The van der Waals surface area contributed by atoms with Crippen molar-refractivity contribution in [3.05, 3.63) is 29.8 Å². The standard InChI is InChI=1S/C16H19F2NO5/c17-15(18)24-12-4-1-11(2-5-12)3-6-13(20)19-16(14(21)22)7-9-23-10-8-16/h1-2,4-5,15H,3,6-10H2,(H,19,20)(H,21,22). The molecule has 1 fully saturated rings. The van der Waals surface area contributed by atoms with Gasteiger partial charge in [-0.2, -0.15) is 8.78 Å². The molecule has 1 aromatic carbocycles. The van der Waals surface area contributed by atoms with Gasteiger partial charge in [-0.1, -0.05) is 12.1 Å². The van der Waals surface area contributed by atoms with Crippen LogP contribution >= 0.6 is 0 Å². The summed E-state index contributed by atoms with van der Waals surface area (Å²) in [4.78, 5) is 23.5. The molecular formula is C16H19F2NO5. The van der Waals surface area contributed by atoms with E-state index in [0.29, 0.717) is 6.42 Å². The number of aryl methyl sites for hydroxylation is 1. The predicted octanol–water partition coefficient (Wildman–Crippen LogP) is 1.97. The lowest BCUT2D eigenvalue weighted by atomic mass is 9.90. The highest BCUT2D eigenvalue weighted by molar-refractivity contribution is 5.87. The lowest BCUT2D eigenvalue weighted by Gasteiger charge is -2.33. The molecule has 2 N–H and O–H groups in total. The molecule has 1 heterocycles. The first kappa shape index (κ1) is 18.1. The van der Waals surface area contributed by atoms with E-state index in [1.54, 1.807) is 12.1 Å². The summed E-state index contributed by atoms with van der Waals surface area (Å²) < 4.78 is 33.5. The minimum atomic E-state index is -2.88. The van der Waals surface area contributed by atoms with Gasteiger partial charge >= 0.3 is 12.6 Å². The number of aliphatic carboxylic acids is 1. The highest BCUT2D eigenvalue weighted by atomic mass is 19.3. The predicted molar refractivity (Wildman–Crippen MR) is 80.0 cm³/mol. The van der Waals surface area contributed by atoms with Gasteiger partial charge in [-0.3, -0.25) is 4.79 Å². The average molecular weight is 343 g/mol. The number of carboxylic acid groups (broad SMARTS) is 1. The molecule has 1 aromatic rings. The fourth-order valence-corrected chi connectivity index (χ4v) is 2.54. The summed E-state index contributed by atoms with van der Waals surface area (Å²) >= 11 is 0. The molecule has 132 valence electrons. The summed E-state index contributed by atoms with van der Waals surface area (Å²) in [7, 11) is 0. The molecule has 1 aliphatic rings. The maximum Gasteiger partial charge on any atom is 0.387 e. The maximum atomic E-state index is 12.1. The third kappa shape index (κ3) is 4.89. The highest BCUT2D eigenvalue weighted by Crippen LogP contribution is 2.21. The van der Waals surface area contributed by atoms with E-state index < -0.39 is 18.1 Å². The Balaban J connectivity index is 1.87. The van der Waals surface area contributed by atoms with Crippen LogP contribution in [0.25, 0.3) is 0 Å². The smallest absolute Gasteiger partial charge is 0.387 e. The summed E-state index contributed by atoms with van der Waals surface area (Å²) in [5.74, 6) is -1.38. The van der Waals surface area contributed by atoms with Crippen molar-refractivity contribution in [1.82, 2.24) is 5.32 Å². The first-order chi connectivity index (χ1) is 11.4. The van der Waals surface area contributed by atoms with Crippen molar-refractivity contribution in [2.75, 3.05) is 13.2 Å². The Kier molecular flexibility index (Phi) is 6.08. The van der Waals surface area contributed by atoms with Crippen molar-refractivity contribution >= 4 is 11.9 Å². The third-order valence-corrected chi connectivity index (χ3v) is 3.92. The molecule has 6 nitrogen and oxygen atoms in total. The highest BCUT2D eigenvalue weighted by Gasteiger charge is 2.41. The molecule has 0 spiro atoms. The summed E-state index contributed by atoms with van der Waals surface area (Å²) in [5.41, 5.74) is -0.507. The number of nitrogens with one attached hydrogen (secondary N) is 1. The quantitative estimate of drug-likeness (QED) is 0.791. The lowest BCUT2D eigenvalue weighted by Crippen LogP contribution is -2.57. The number of rotatable bonds is 7. The zero-order chi connectivity index (χ0) is 17.6. The van der Waals surface area contributed by atoms with Crippen LogP contribution in [0.4, 0.5) is 8.78 Å². The van der Waals surface area contributed by atoms with Crippen LogP contribution in [0.15, 0.2) is 24.3 Å². The Morgan fingerprint density at radius 2 is 1.88 bits per heavy atom. The van der Waals surface area contributed by atoms with E-state index in [1.807, 2.05) is 0 Å². The summed E-state index contributed by atoms with van der Waals surface area (Å²) in [6.45, 7) is -2.30. The second-order valence-electron chi connectivity index (χ2n) is 5.57. The van der Waals surface area contributed by atoms with Gasteiger partial charge in [-0.15, -0.1) is 0 Å². The Labute approximate surface area is 137 Å². The molecule has 0 aliphatic carbocycles. The number of hydrogen-bond donors (Lipinski definition) is 2. The minimum Gasteiger partial charge on any atom is -0.480 e. The number of amides is 1. The van der Waals surface area contributed by atoms with Crippen LogP contribution in [0.2, 0.25) is 0 Å². The molecule has 24 heavy (non-hydrogen) atoms. The van der Waals surface area contributed by atoms with E-state index in [-0.39, 0.29) is 44.1 Å². The number of carboxylic acids is 1. The van der Waals surface area contributed by atoms with E-state index in [4.69, 9.17) is 4.74 Å². The van der Waals surface area contributed by atoms with Crippen LogP contribution in [0.3, 0.4) is 0 Å². The largest absolute Gasteiger partial charge is 0.480 e. The lowest BCUT2D eigenvalue weighted by molar-refractivity contribution is -0.152. The number of ether oxygens (including phenoxy) is 2. The van der Waals surface area contributed by atoms with Crippen LogP contribution in [-0.4, -0.2) is 42.3 Å². The van der Waals surface area contributed by atoms with Gasteiger partial charge in [0.25, 0.3) is 0 Å². The number of halogens is 2. The van der Waals surface area contributed by atoms with Gasteiger partial charge in [0.1, 0.15) is 11.3 Å². The molecule has 0 atom stereocenters. The van der Waals surface area contributed by atoms with E-state index in [9.17, 15) is 23.5 Å². The van der Waals surface area contributed by atoms with Gasteiger partial charge in [-0.25, -0.2) is 4.79 Å². The van der Waals surface area contributed by atoms with Crippen molar-refractivity contribution in [3.8, 4) is 5.75 Å². The van der Waals surface area contributed by atoms with Crippen LogP contribution in [0.1, 0.15) is 24.8 Å². The number of carbonyl (C=O) groups excluding carboxylic acids is 1. The summed E-state index contributed by atoms with van der Waals surface area (Å²) in [6, 6.07) is 5.98. The SMILES string of the molecule is O=C(CCc1ccc(OC(F)F)cc1)NC1(C(=O)O)CCOCC1. The maximum absolute atomic E-state index is 12.1. The van der Waals surface area contributed by atoms with E-state index in [2.05, 4.69) is 10.1 Å². The molecule has 1 amide bonds. The Bertz CT molecular complexity index is 570. The first-order valence-corrected chi connectivity index (χ1v) is 7.57. The molecule has 0 radical (unpaired) electrons. The summed E-state index contributed by atoms with van der Waals surface area (Å²) in [5, 5.41) is 12.0. The van der Waals surface area contributed by atoms with Gasteiger partial charge in [0, 0.05) is 32.5 Å². The first-order valence-electron chi connectivity index (χ1n) is 7.57. The fraction of sp³-hybridized carbons (Fsp3) is 0.500. The Morgan fingerprint density at radius 3 is 2.42 bits per heavy atom. The molecule has 0 saturated carbocycles. The molecule has 0 aromatic heterocycles. The monoisotopic (exact) mass is 343 g/mol. The van der Waals surface area contributed by atoms with Crippen LogP contribution < -0.4 is 10.1 Å². The molecular weight excluding hydrogens is 324 g/mol. The van der Waals surface area contributed by atoms with E-state index >= 15 is 0 Å². The third-order valence-electron chi connectivity index (χ3n) is 3.92. The second kappa shape index (κ2) is 8.05. The van der Waals surface area contributed by atoms with Crippen LogP contribution in [0.5, 0.6) is 5.75 Å². The van der Waals surface area contributed by atoms with E-state index in [1.165, 1.54) is 12.1 Å². The van der Waals surface area contributed by atoms with E-state index in [0.717, 1.165) is 5.56 Å². The normalized spacial score (nSPS) is 16.6. The van der Waals surface area contributed by atoms with Crippen LogP contribution in [-0.2, 0) is 20.7 Å². The average Bonchev–Trinajstić information content (AvgIpc) is 2.54. The van der Waals surface area contributed by atoms with Gasteiger partial charge < -0.3 is 19.9 Å². The molecule has 1 saturated heterocycles. The number of hydrogen-bond acceptors (Lipinski definition) is 4. The van der Waals surface area contributed by atoms with Gasteiger partial charge in [0.15, 0.2) is 0 Å². The Morgan fingerprint density at radius 1 is 1.25 bits per heavy atom. The molecule has 8 heteroatoms. The topological polar surface area (TPSA) is 84.9 Å². The van der Waals surface area contributed by atoms with Gasteiger partial charge in [0.05, 0.1) is 0 Å². The van der Waals surface area contributed by atoms with Gasteiger partial charge in [-0.05, 0) is 24.1 Å². The van der Waals surface area contributed by atoms with Crippen molar-refractivity contribution in [2.24, 2.45) is 0 Å². The van der Waals surface area contributed by atoms with Crippen LogP contribution in [0, 0.1) is 0 Å². The minimum absolute atomic E-state index is 0.0465. The van der Waals surface area contributed by atoms with Crippen molar-refractivity contribution in [1.29, 1.82) is 0 Å². The fourth-order valence-electron chi connectivity index (χ4n) is 2.54. The second-order valence-corrected chi connectivity index (χ2v) is 5.57. The molecule has 1 aliphatic heterocycles. The number of benzene rings is 1. The van der Waals surface area contributed by atoms with Crippen molar-refractivity contribution in [3.63, 3.8) is 0 Å².